The molecule has 0 spiro atoms. The lowest BCUT2D eigenvalue weighted by molar-refractivity contribution is 1.32. The van der Waals surface area contributed by atoms with Gasteiger partial charge in [0.05, 0.1) is 5.69 Å². The minimum Gasteiger partial charge on any atom is -0.290 e. The van der Waals surface area contributed by atoms with E-state index in [1.165, 1.54) is 12.1 Å². The summed E-state index contributed by atoms with van der Waals surface area (Å²) in [4.78, 5) is 18.9. The normalized spacial score (nSPS) is 10.0. The van der Waals surface area contributed by atoms with Gasteiger partial charge in [-0.05, 0) is 12.1 Å². The van der Waals surface area contributed by atoms with Gasteiger partial charge in [-0.1, -0.05) is 0 Å². The van der Waals surface area contributed by atoms with Gasteiger partial charge in [0, 0.05) is 30.2 Å². The summed E-state index contributed by atoms with van der Waals surface area (Å²) < 4.78 is 0. The predicted octanol–water partition coefficient (Wildman–Crippen LogP) is 0.942. The zero-order chi connectivity index (χ0) is 8.39. The molecule has 0 aromatic heterocycles. The van der Waals surface area contributed by atoms with Crippen molar-refractivity contribution in [2.24, 2.45) is 0 Å². The Morgan fingerprint density at radius 1 is 1.17 bits per heavy atom. The second kappa shape index (κ2) is 2.70. The van der Waals surface area contributed by atoms with Gasteiger partial charge in [0.2, 0.25) is 0 Å². The largest absolute Gasteiger partial charge is 0.290 e. The van der Waals surface area contributed by atoms with Gasteiger partial charge in [-0.2, -0.15) is 0 Å². The van der Waals surface area contributed by atoms with Crippen molar-refractivity contribution in [2.45, 2.75) is 0 Å². The van der Waals surface area contributed by atoms with E-state index < -0.39 is 0 Å². The third-order valence-corrected chi connectivity index (χ3v) is 1.58. The van der Waals surface area contributed by atoms with Crippen LogP contribution in [0.15, 0.2) is 41.6 Å². The Kier molecular flexibility index (Phi) is 1.55. The molecule has 0 N–H and O–H groups in total. The maximum Gasteiger partial charge on any atom is 0.180 e. The summed E-state index contributed by atoms with van der Waals surface area (Å²) in [6.07, 6.45) is 4.84. The summed E-state index contributed by atoms with van der Waals surface area (Å²) in [5.41, 5.74) is 1.53. The Labute approximate surface area is 69.1 Å². The van der Waals surface area contributed by atoms with Gasteiger partial charge < -0.3 is 0 Å². The maximum atomic E-state index is 10.9. The molecule has 2 rings (SSSR count). The molecule has 1 aliphatic heterocycles. The summed E-state index contributed by atoms with van der Waals surface area (Å²) in [5, 5.41) is 0. The molecule has 1 aliphatic carbocycles. The Morgan fingerprint density at radius 3 is 3.00 bits per heavy atom. The summed E-state index contributed by atoms with van der Waals surface area (Å²) >= 11 is 0. The summed E-state index contributed by atoms with van der Waals surface area (Å²) in [7, 11) is 0. The van der Waals surface area contributed by atoms with E-state index in [0.29, 0.717) is 5.69 Å². The van der Waals surface area contributed by atoms with Crippen LogP contribution >= 0.6 is 0 Å². The van der Waals surface area contributed by atoms with Crippen molar-refractivity contribution in [1.29, 1.82) is 0 Å². The molecule has 0 unspecified atom stereocenters. The molecule has 0 bridgehead atoms. The first-order valence-electron chi connectivity index (χ1n) is 3.56. The van der Waals surface area contributed by atoms with E-state index in [9.17, 15) is 4.79 Å². The zero-order valence-corrected chi connectivity index (χ0v) is 6.27. The highest BCUT2D eigenvalue weighted by Gasteiger charge is 1.99. The van der Waals surface area contributed by atoms with E-state index in [1.54, 1.807) is 24.7 Å². The Bertz CT molecular complexity index is 428. The lowest BCUT2D eigenvalue weighted by Gasteiger charge is -1.93. The molecule has 12 heavy (non-hydrogen) atoms. The van der Waals surface area contributed by atoms with Gasteiger partial charge in [0.25, 0.3) is 0 Å². The first-order chi connectivity index (χ1) is 5.86. The van der Waals surface area contributed by atoms with E-state index in [4.69, 9.17) is 0 Å². The van der Waals surface area contributed by atoms with Crippen molar-refractivity contribution in [2.75, 3.05) is 0 Å². The number of fused-ring (bicyclic) bond motifs is 1. The van der Waals surface area contributed by atoms with Gasteiger partial charge in [0.1, 0.15) is 0 Å². The van der Waals surface area contributed by atoms with E-state index in [-0.39, 0.29) is 5.43 Å². The number of hydrogen-bond acceptors (Lipinski definition) is 3. The van der Waals surface area contributed by atoms with Crippen LogP contribution < -0.4 is 5.43 Å². The summed E-state index contributed by atoms with van der Waals surface area (Å²) in [5.74, 6) is 0. The first-order valence-corrected chi connectivity index (χ1v) is 3.56. The predicted molar refractivity (Wildman–Crippen MR) is 44.9 cm³/mol. The first kappa shape index (κ1) is 6.91. The highest BCUT2D eigenvalue weighted by molar-refractivity contribution is 5.57. The van der Waals surface area contributed by atoms with Crippen LogP contribution in [0.1, 0.15) is 0 Å². The Balaban J connectivity index is 2.82. The maximum absolute atomic E-state index is 10.9. The molecule has 58 valence electrons. The third kappa shape index (κ3) is 1.16. The van der Waals surface area contributed by atoms with Crippen molar-refractivity contribution in [3.05, 3.63) is 47.0 Å². The minimum absolute atomic E-state index is 0.0267. The summed E-state index contributed by atoms with van der Waals surface area (Å²) in [6.45, 7) is 0. The monoisotopic (exact) mass is 158 g/mol. The third-order valence-electron chi connectivity index (χ3n) is 1.58. The van der Waals surface area contributed by atoms with Crippen LogP contribution in [-0.4, -0.2) is 9.97 Å². The standard InChI is InChI=1S/C9H6N2O/c12-8-2-1-7-6-10-3-4-11-9(7)5-8/h1-6H. The van der Waals surface area contributed by atoms with E-state index in [0.717, 1.165) is 5.56 Å². The van der Waals surface area contributed by atoms with Crippen LogP contribution in [0.3, 0.4) is 0 Å². The number of nitrogens with zero attached hydrogens (tertiary/aromatic N) is 2. The number of benzene rings is 1. The molecule has 1 heterocycles. The molecule has 0 aromatic rings. The molecule has 0 radical (unpaired) electrons. The molecule has 0 fully saturated rings. The van der Waals surface area contributed by atoms with Gasteiger partial charge in [-0.3, -0.25) is 14.8 Å². The number of rotatable bonds is 0. The fourth-order valence-electron chi connectivity index (χ4n) is 1.02. The molecule has 2 aliphatic rings. The molecule has 0 saturated carbocycles. The second-order valence-corrected chi connectivity index (χ2v) is 2.43. The molecular formula is C9H6N2O. The average molecular weight is 158 g/mol. The lowest BCUT2D eigenvalue weighted by Crippen LogP contribution is -1.97. The van der Waals surface area contributed by atoms with Crippen LogP contribution in [0.5, 0.6) is 0 Å². The van der Waals surface area contributed by atoms with Crippen molar-refractivity contribution in [1.82, 2.24) is 9.97 Å². The molecule has 3 heteroatoms. The smallest absolute Gasteiger partial charge is 0.180 e. The Morgan fingerprint density at radius 2 is 2.08 bits per heavy atom. The number of aromatic nitrogens is 2. The van der Waals surface area contributed by atoms with E-state index >= 15 is 0 Å². The van der Waals surface area contributed by atoms with Gasteiger partial charge in [-0.15, -0.1) is 0 Å². The average Bonchev–Trinajstić information content (AvgIpc) is 2.28. The number of hydrogen-bond donors (Lipinski definition) is 0. The zero-order valence-electron chi connectivity index (χ0n) is 6.27. The fraction of sp³-hybridized carbons (Fsp3) is 0. The van der Waals surface area contributed by atoms with Gasteiger partial charge >= 0.3 is 0 Å². The highest BCUT2D eigenvalue weighted by atomic mass is 16.1. The topological polar surface area (TPSA) is 42.9 Å². The van der Waals surface area contributed by atoms with Crippen LogP contribution in [0, 0.1) is 0 Å². The van der Waals surface area contributed by atoms with Crippen LogP contribution in [0.4, 0.5) is 0 Å². The molecule has 3 nitrogen and oxygen atoms in total. The second-order valence-electron chi connectivity index (χ2n) is 2.43. The summed E-state index contributed by atoms with van der Waals surface area (Å²) in [6, 6.07) is 4.72. The lowest BCUT2D eigenvalue weighted by atomic mass is 10.2. The van der Waals surface area contributed by atoms with Crippen LogP contribution in [0.2, 0.25) is 0 Å². The minimum atomic E-state index is -0.0267. The SMILES string of the molecule is O=c1ccc2cnccnc-2c1. The van der Waals surface area contributed by atoms with E-state index in [2.05, 4.69) is 9.97 Å². The van der Waals surface area contributed by atoms with E-state index in [1.807, 2.05) is 0 Å². The van der Waals surface area contributed by atoms with Crippen molar-refractivity contribution in [3.8, 4) is 11.3 Å². The van der Waals surface area contributed by atoms with Crippen LogP contribution in [-0.2, 0) is 0 Å². The van der Waals surface area contributed by atoms with Crippen molar-refractivity contribution in [3.63, 3.8) is 0 Å². The van der Waals surface area contributed by atoms with Gasteiger partial charge in [0.15, 0.2) is 5.43 Å². The highest BCUT2D eigenvalue weighted by Crippen LogP contribution is 2.11. The quantitative estimate of drug-likeness (QED) is 0.573. The molecule has 0 aromatic carbocycles. The van der Waals surface area contributed by atoms with Crippen molar-refractivity contribution < 1.29 is 0 Å². The van der Waals surface area contributed by atoms with Gasteiger partial charge in [-0.25, -0.2) is 0 Å². The molecule has 0 amide bonds. The van der Waals surface area contributed by atoms with Crippen molar-refractivity contribution >= 4 is 0 Å². The molecule has 0 saturated heterocycles. The molecular weight excluding hydrogens is 152 g/mol. The van der Waals surface area contributed by atoms with Crippen LogP contribution in [0.25, 0.3) is 11.3 Å². The molecule has 0 atom stereocenters. The fourth-order valence-corrected chi connectivity index (χ4v) is 1.02. The Hall–Kier alpha value is -1.77.